The quantitative estimate of drug-likeness (QED) is 0.731. The van der Waals surface area contributed by atoms with Crippen molar-refractivity contribution in [3.8, 4) is 11.5 Å². The highest BCUT2D eigenvalue weighted by Crippen LogP contribution is 2.40. The van der Waals surface area contributed by atoms with E-state index in [1.165, 1.54) is 12.1 Å². The highest BCUT2D eigenvalue weighted by atomic mass is 35.5. The molecule has 2 aromatic rings. The smallest absolute Gasteiger partial charge is 0.339 e. The number of carbonyl (C=O) groups excluding carboxylic acids is 2. The first-order chi connectivity index (χ1) is 13.6. The summed E-state index contributed by atoms with van der Waals surface area (Å²) in [6.45, 7) is 1.86. The van der Waals surface area contributed by atoms with E-state index < -0.39 is 12.1 Å². The maximum absolute atomic E-state index is 13.0. The van der Waals surface area contributed by atoms with Crippen LogP contribution in [0, 0.1) is 0 Å². The fourth-order valence-electron chi connectivity index (χ4n) is 3.10. The molecule has 0 saturated carbocycles. The Morgan fingerprint density at radius 1 is 1.07 bits per heavy atom. The van der Waals surface area contributed by atoms with Crippen molar-refractivity contribution in [2.24, 2.45) is 0 Å². The molecule has 0 spiro atoms. The first kappa shape index (κ1) is 18.6. The van der Waals surface area contributed by atoms with Crippen LogP contribution in [0.4, 0.5) is 0 Å². The minimum absolute atomic E-state index is 0.0374. The van der Waals surface area contributed by atoms with E-state index in [2.05, 4.69) is 0 Å². The molecule has 0 aromatic heterocycles. The Hall–Kier alpha value is -2.77. The number of halogens is 1. The third-order valence-corrected chi connectivity index (χ3v) is 4.82. The van der Waals surface area contributed by atoms with Crippen molar-refractivity contribution in [2.75, 3.05) is 33.1 Å². The van der Waals surface area contributed by atoms with Crippen LogP contribution < -0.4 is 9.47 Å². The Morgan fingerprint density at radius 2 is 1.82 bits per heavy atom. The number of rotatable bonds is 4. The lowest BCUT2D eigenvalue weighted by Crippen LogP contribution is -2.44. The van der Waals surface area contributed by atoms with Gasteiger partial charge in [-0.15, -0.1) is 0 Å². The molecule has 7 nitrogen and oxygen atoms in total. The van der Waals surface area contributed by atoms with Gasteiger partial charge in [-0.05, 0) is 12.1 Å². The van der Waals surface area contributed by atoms with Crippen molar-refractivity contribution >= 4 is 23.5 Å². The molecule has 2 aliphatic rings. The van der Waals surface area contributed by atoms with E-state index in [4.69, 9.17) is 30.5 Å². The minimum Gasteiger partial charge on any atom is -0.454 e. The first-order valence-corrected chi connectivity index (χ1v) is 9.23. The molecule has 4 rings (SSSR count). The molecule has 0 aliphatic carbocycles. The van der Waals surface area contributed by atoms with Crippen LogP contribution in [-0.4, -0.2) is 49.9 Å². The van der Waals surface area contributed by atoms with Crippen LogP contribution >= 0.6 is 11.6 Å². The summed E-state index contributed by atoms with van der Waals surface area (Å²) < 4.78 is 21.5. The molecular formula is C20H18ClNO6. The summed E-state index contributed by atoms with van der Waals surface area (Å²) in [5.74, 6) is -0.192. The number of fused-ring (bicyclic) bond motifs is 1. The highest BCUT2D eigenvalue weighted by molar-refractivity contribution is 6.32. The van der Waals surface area contributed by atoms with E-state index in [0.29, 0.717) is 43.4 Å². The van der Waals surface area contributed by atoms with Gasteiger partial charge in [-0.2, -0.15) is 0 Å². The Balaban J connectivity index is 1.59. The van der Waals surface area contributed by atoms with Crippen LogP contribution in [0.2, 0.25) is 5.02 Å². The van der Waals surface area contributed by atoms with Crippen molar-refractivity contribution in [3.05, 3.63) is 58.6 Å². The zero-order valence-corrected chi connectivity index (χ0v) is 15.7. The van der Waals surface area contributed by atoms with E-state index in [-0.39, 0.29) is 23.3 Å². The summed E-state index contributed by atoms with van der Waals surface area (Å²) in [4.78, 5) is 27.5. The topological polar surface area (TPSA) is 74.3 Å². The van der Waals surface area contributed by atoms with E-state index in [9.17, 15) is 9.59 Å². The van der Waals surface area contributed by atoms with Gasteiger partial charge in [-0.25, -0.2) is 4.79 Å². The number of ether oxygens (including phenoxy) is 4. The molecule has 1 saturated heterocycles. The molecule has 1 fully saturated rings. The van der Waals surface area contributed by atoms with Gasteiger partial charge >= 0.3 is 5.97 Å². The molecular weight excluding hydrogens is 386 g/mol. The molecule has 2 heterocycles. The van der Waals surface area contributed by atoms with Gasteiger partial charge in [0.05, 0.1) is 23.8 Å². The minimum atomic E-state index is -1.06. The molecule has 0 N–H and O–H groups in total. The summed E-state index contributed by atoms with van der Waals surface area (Å²) >= 11 is 6.15. The summed E-state index contributed by atoms with van der Waals surface area (Å²) in [6, 6.07) is 11.9. The van der Waals surface area contributed by atoms with Gasteiger partial charge in [-0.3, -0.25) is 4.79 Å². The predicted octanol–water partition coefficient (Wildman–Crippen LogP) is 2.83. The third-order valence-electron chi connectivity index (χ3n) is 4.54. The second-order valence-electron chi connectivity index (χ2n) is 6.33. The molecule has 0 bridgehead atoms. The number of hydrogen-bond donors (Lipinski definition) is 0. The highest BCUT2D eigenvalue weighted by Gasteiger charge is 2.31. The van der Waals surface area contributed by atoms with Crippen LogP contribution in [0.5, 0.6) is 11.5 Å². The summed E-state index contributed by atoms with van der Waals surface area (Å²) in [7, 11) is 0. The molecule has 28 heavy (non-hydrogen) atoms. The monoisotopic (exact) mass is 403 g/mol. The molecule has 2 aromatic carbocycles. The molecule has 1 atom stereocenters. The van der Waals surface area contributed by atoms with E-state index in [1.807, 2.05) is 6.07 Å². The number of hydrogen-bond acceptors (Lipinski definition) is 6. The number of carbonyl (C=O) groups is 2. The van der Waals surface area contributed by atoms with Crippen molar-refractivity contribution in [1.82, 2.24) is 4.90 Å². The second-order valence-corrected chi connectivity index (χ2v) is 6.73. The number of nitrogens with zero attached hydrogens (tertiary/aromatic N) is 1. The maximum atomic E-state index is 13.0. The Kier molecular flexibility index (Phi) is 5.36. The van der Waals surface area contributed by atoms with Crippen LogP contribution in [0.1, 0.15) is 22.0 Å². The Morgan fingerprint density at radius 3 is 2.57 bits per heavy atom. The SMILES string of the molecule is O=C(OC(C(=O)N1CCOCC1)c1ccccc1)c1cc(Cl)c2c(c1)OCO2. The number of morpholine rings is 1. The summed E-state index contributed by atoms with van der Waals surface area (Å²) in [5.41, 5.74) is 0.782. The number of benzene rings is 2. The third kappa shape index (κ3) is 3.76. The fraction of sp³-hybridized carbons (Fsp3) is 0.300. The van der Waals surface area contributed by atoms with Gasteiger partial charge in [0, 0.05) is 18.7 Å². The molecule has 146 valence electrons. The first-order valence-electron chi connectivity index (χ1n) is 8.85. The summed E-state index contributed by atoms with van der Waals surface area (Å²) in [5, 5.41) is 0.248. The van der Waals surface area contributed by atoms with Crippen molar-refractivity contribution in [2.45, 2.75) is 6.10 Å². The standard InChI is InChI=1S/C20H18ClNO6/c21-15-10-14(11-16-18(15)27-12-26-16)20(24)28-17(13-4-2-1-3-5-13)19(23)22-6-8-25-9-7-22/h1-5,10-11,17H,6-9,12H2. The van der Waals surface area contributed by atoms with Gasteiger partial charge in [0.1, 0.15) is 0 Å². The predicted molar refractivity (Wildman–Crippen MR) is 99.6 cm³/mol. The van der Waals surface area contributed by atoms with Crippen LogP contribution in [0.25, 0.3) is 0 Å². The number of amides is 1. The normalized spacial score (nSPS) is 16.5. The molecule has 0 radical (unpaired) electrons. The van der Waals surface area contributed by atoms with Gasteiger partial charge in [0.2, 0.25) is 12.9 Å². The Labute approximate surface area is 166 Å². The molecule has 1 amide bonds. The lowest BCUT2D eigenvalue weighted by molar-refractivity contribution is -0.145. The van der Waals surface area contributed by atoms with E-state index in [0.717, 1.165) is 0 Å². The number of esters is 1. The summed E-state index contributed by atoms with van der Waals surface area (Å²) in [6.07, 6.45) is -1.06. The zero-order chi connectivity index (χ0) is 19.5. The van der Waals surface area contributed by atoms with Crippen LogP contribution in [0.3, 0.4) is 0 Å². The van der Waals surface area contributed by atoms with Crippen molar-refractivity contribution in [1.29, 1.82) is 0 Å². The fourth-order valence-corrected chi connectivity index (χ4v) is 3.36. The zero-order valence-electron chi connectivity index (χ0n) is 14.9. The van der Waals surface area contributed by atoms with Crippen LogP contribution in [-0.2, 0) is 14.3 Å². The van der Waals surface area contributed by atoms with Gasteiger partial charge in [0.15, 0.2) is 11.5 Å². The van der Waals surface area contributed by atoms with Gasteiger partial charge in [0.25, 0.3) is 5.91 Å². The second kappa shape index (κ2) is 8.08. The van der Waals surface area contributed by atoms with Gasteiger partial charge < -0.3 is 23.8 Å². The largest absolute Gasteiger partial charge is 0.454 e. The molecule has 1 unspecified atom stereocenters. The maximum Gasteiger partial charge on any atom is 0.339 e. The van der Waals surface area contributed by atoms with Gasteiger partial charge in [-0.1, -0.05) is 41.9 Å². The lowest BCUT2D eigenvalue weighted by atomic mass is 10.1. The van der Waals surface area contributed by atoms with E-state index in [1.54, 1.807) is 29.2 Å². The van der Waals surface area contributed by atoms with Crippen molar-refractivity contribution < 1.29 is 28.5 Å². The van der Waals surface area contributed by atoms with Crippen molar-refractivity contribution in [3.63, 3.8) is 0 Å². The Bertz CT molecular complexity index is 882. The molecule has 2 aliphatic heterocycles. The molecule has 8 heteroatoms. The average molecular weight is 404 g/mol. The van der Waals surface area contributed by atoms with E-state index >= 15 is 0 Å². The van der Waals surface area contributed by atoms with Crippen LogP contribution in [0.15, 0.2) is 42.5 Å². The average Bonchev–Trinajstić information content (AvgIpc) is 3.22. The lowest BCUT2D eigenvalue weighted by Gasteiger charge is -2.30.